The Morgan fingerprint density at radius 1 is 1.20 bits per heavy atom. The highest BCUT2D eigenvalue weighted by atomic mass is 35.5. The van der Waals surface area contributed by atoms with Crippen LogP contribution < -0.4 is 5.32 Å². The number of hydrogen-bond donors (Lipinski definition) is 1. The van der Waals surface area contributed by atoms with Crippen LogP contribution in [0.5, 0.6) is 0 Å². The van der Waals surface area contributed by atoms with Crippen molar-refractivity contribution in [3.05, 3.63) is 52.5 Å². The van der Waals surface area contributed by atoms with Gasteiger partial charge in [0, 0.05) is 5.69 Å². The highest BCUT2D eigenvalue weighted by Crippen LogP contribution is 2.25. The minimum atomic E-state index is -0.261. The molecule has 1 atom stereocenters. The molecule has 1 heterocycles. The van der Waals surface area contributed by atoms with Gasteiger partial charge in [0.15, 0.2) is 5.76 Å². The monoisotopic (exact) mass is 291 g/mol. The Morgan fingerprint density at radius 2 is 1.80 bits per heavy atom. The molecule has 1 aromatic heterocycles. The van der Waals surface area contributed by atoms with Crippen molar-refractivity contribution in [3.8, 4) is 0 Å². The predicted octanol–water partition coefficient (Wildman–Crippen LogP) is 4.76. The molecule has 1 aromatic carbocycles. The zero-order valence-corrected chi connectivity index (χ0v) is 12.8. The lowest BCUT2D eigenvalue weighted by Crippen LogP contribution is -2.13. The van der Waals surface area contributed by atoms with Crippen LogP contribution in [0.25, 0.3) is 0 Å². The molecular weight excluding hydrogens is 274 g/mol. The van der Waals surface area contributed by atoms with Crippen LogP contribution in [0, 0.1) is 20.8 Å². The van der Waals surface area contributed by atoms with Crippen LogP contribution in [0.4, 0.5) is 5.69 Å². The van der Waals surface area contributed by atoms with Gasteiger partial charge in [-0.1, -0.05) is 17.7 Å². The second-order valence-corrected chi connectivity index (χ2v) is 5.70. The van der Waals surface area contributed by atoms with E-state index >= 15 is 0 Å². The van der Waals surface area contributed by atoms with Gasteiger partial charge in [-0.15, -0.1) is 11.6 Å². The fourth-order valence-electron chi connectivity index (χ4n) is 2.24. The number of nitrogens with one attached hydrogen (secondary N) is 1. The van der Waals surface area contributed by atoms with Crippen LogP contribution in [-0.2, 0) is 0 Å². The third-order valence-corrected chi connectivity index (χ3v) is 3.37. The van der Waals surface area contributed by atoms with Gasteiger partial charge in [-0.2, -0.15) is 0 Å². The van der Waals surface area contributed by atoms with Crippen LogP contribution in [0.1, 0.15) is 45.3 Å². The zero-order chi connectivity index (χ0) is 14.9. The molecule has 1 amide bonds. The van der Waals surface area contributed by atoms with Gasteiger partial charge in [0.1, 0.15) is 5.76 Å². The number of benzene rings is 1. The molecule has 0 spiro atoms. The SMILES string of the molecule is Cc1cc(C)c(NC(=O)c2ccc(C(C)Cl)o2)c(C)c1. The molecule has 4 heteroatoms. The number of furan rings is 1. The Morgan fingerprint density at radius 3 is 2.30 bits per heavy atom. The molecule has 0 aliphatic rings. The molecule has 0 saturated carbocycles. The summed E-state index contributed by atoms with van der Waals surface area (Å²) in [6.07, 6.45) is 0. The number of rotatable bonds is 3. The van der Waals surface area contributed by atoms with Crippen LogP contribution in [0.3, 0.4) is 0 Å². The number of amides is 1. The second kappa shape index (κ2) is 5.71. The average Bonchev–Trinajstić information content (AvgIpc) is 2.83. The highest BCUT2D eigenvalue weighted by molar-refractivity contribution is 6.20. The van der Waals surface area contributed by atoms with E-state index in [9.17, 15) is 4.79 Å². The Bertz CT molecular complexity index is 621. The lowest BCUT2D eigenvalue weighted by Gasteiger charge is -2.11. The number of aryl methyl sites for hydroxylation is 3. The van der Waals surface area contributed by atoms with E-state index in [4.69, 9.17) is 16.0 Å². The maximum absolute atomic E-state index is 12.2. The predicted molar refractivity (Wildman–Crippen MR) is 81.6 cm³/mol. The molecule has 0 saturated heterocycles. The smallest absolute Gasteiger partial charge is 0.291 e. The summed E-state index contributed by atoms with van der Waals surface area (Å²) in [6, 6.07) is 7.44. The minimum absolute atomic E-state index is 0.251. The maximum atomic E-state index is 12.2. The van der Waals surface area contributed by atoms with Crippen molar-refractivity contribution in [2.45, 2.75) is 33.1 Å². The fourth-order valence-corrected chi connectivity index (χ4v) is 2.36. The van der Waals surface area contributed by atoms with E-state index < -0.39 is 0 Å². The summed E-state index contributed by atoms with van der Waals surface area (Å²) < 4.78 is 5.44. The molecule has 1 unspecified atom stereocenters. The lowest BCUT2D eigenvalue weighted by atomic mass is 10.1. The molecule has 0 aliphatic carbocycles. The van der Waals surface area contributed by atoms with Gasteiger partial charge in [0.2, 0.25) is 0 Å². The fraction of sp³-hybridized carbons (Fsp3) is 0.312. The molecule has 0 fully saturated rings. The number of halogens is 1. The quantitative estimate of drug-likeness (QED) is 0.829. The molecule has 20 heavy (non-hydrogen) atoms. The van der Waals surface area contributed by atoms with Crippen LogP contribution in [0.2, 0.25) is 0 Å². The van der Waals surface area contributed by atoms with Gasteiger partial charge in [-0.3, -0.25) is 4.79 Å². The number of alkyl halides is 1. The summed E-state index contributed by atoms with van der Waals surface area (Å²) in [5, 5.41) is 2.65. The Hall–Kier alpha value is -1.74. The van der Waals surface area contributed by atoms with E-state index in [1.54, 1.807) is 19.1 Å². The zero-order valence-electron chi connectivity index (χ0n) is 12.1. The molecular formula is C16H18ClNO2. The van der Waals surface area contributed by atoms with Gasteiger partial charge in [-0.25, -0.2) is 0 Å². The molecule has 0 radical (unpaired) electrons. The molecule has 2 aromatic rings. The summed E-state index contributed by atoms with van der Waals surface area (Å²) in [5.74, 6) is 0.602. The first-order chi connectivity index (χ1) is 9.38. The van der Waals surface area contributed by atoms with Crippen molar-refractivity contribution >= 4 is 23.2 Å². The Kier molecular flexibility index (Phi) is 4.19. The largest absolute Gasteiger partial charge is 0.454 e. The number of carbonyl (C=O) groups is 1. The van der Waals surface area contributed by atoms with Gasteiger partial charge in [-0.05, 0) is 51.0 Å². The van der Waals surface area contributed by atoms with Crippen molar-refractivity contribution < 1.29 is 9.21 Å². The topological polar surface area (TPSA) is 42.2 Å². The molecule has 2 rings (SSSR count). The van der Waals surface area contributed by atoms with Crippen LogP contribution in [0.15, 0.2) is 28.7 Å². The van der Waals surface area contributed by atoms with Gasteiger partial charge < -0.3 is 9.73 Å². The molecule has 3 nitrogen and oxygen atoms in total. The first-order valence-corrected chi connectivity index (χ1v) is 6.95. The molecule has 0 aliphatic heterocycles. The summed E-state index contributed by atoms with van der Waals surface area (Å²) in [6.45, 7) is 7.79. The van der Waals surface area contributed by atoms with Crippen LogP contribution >= 0.6 is 11.6 Å². The summed E-state index contributed by atoms with van der Waals surface area (Å²) in [7, 11) is 0. The van der Waals surface area contributed by atoms with Crippen molar-refractivity contribution in [1.82, 2.24) is 0 Å². The lowest BCUT2D eigenvalue weighted by molar-refractivity contribution is 0.0995. The standard InChI is InChI=1S/C16H18ClNO2/c1-9-7-10(2)15(11(3)8-9)18-16(19)14-6-5-13(20-14)12(4)17/h5-8,12H,1-4H3,(H,18,19). The van der Waals surface area contributed by atoms with E-state index in [0.29, 0.717) is 5.76 Å². The third kappa shape index (κ3) is 3.05. The summed E-state index contributed by atoms with van der Waals surface area (Å²) in [4.78, 5) is 12.2. The minimum Gasteiger partial charge on any atom is -0.454 e. The first kappa shape index (κ1) is 14.7. The second-order valence-electron chi connectivity index (χ2n) is 5.05. The van der Waals surface area contributed by atoms with Crippen molar-refractivity contribution in [2.75, 3.05) is 5.32 Å². The van der Waals surface area contributed by atoms with Gasteiger partial charge >= 0.3 is 0 Å². The van der Waals surface area contributed by atoms with E-state index in [-0.39, 0.29) is 17.0 Å². The summed E-state index contributed by atoms with van der Waals surface area (Å²) in [5.41, 5.74) is 4.08. The number of anilines is 1. The first-order valence-electron chi connectivity index (χ1n) is 6.51. The van der Waals surface area contributed by atoms with Gasteiger partial charge in [0.25, 0.3) is 5.91 Å². The van der Waals surface area contributed by atoms with Crippen molar-refractivity contribution in [2.24, 2.45) is 0 Å². The average molecular weight is 292 g/mol. The summed E-state index contributed by atoms with van der Waals surface area (Å²) >= 11 is 5.92. The van der Waals surface area contributed by atoms with E-state index in [1.807, 2.05) is 32.9 Å². The van der Waals surface area contributed by atoms with Gasteiger partial charge in [0.05, 0.1) is 5.38 Å². The van der Waals surface area contributed by atoms with Crippen LogP contribution in [-0.4, -0.2) is 5.91 Å². The van der Waals surface area contributed by atoms with E-state index in [0.717, 1.165) is 16.8 Å². The number of hydrogen-bond acceptors (Lipinski definition) is 2. The van der Waals surface area contributed by atoms with E-state index in [1.165, 1.54) is 5.56 Å². The Labute approximate surface area is 123 Å². The Balaban J connectivity index is 2.23. The number of carbonyl (C=O) groups excluding carboxylic acids is 1. The highest BCUT2D eigenvalue weighted by Gasteiger charge is 2.15. The maximum Gasteiger partial charge on any atom is 0.291 e. The molecule has 1 N–H and O–H groups in total. The van der Waals surface area contributed by atoms with Crippen molar-refractivity contribution in [1.29, 1.82) is 0 Å². The normalized spacial score (nSPS) is 12.2. The third-order valence-electron chi connectivity index (χ3n) is 3.16. The molecule has 106 valence electrons. The molecule has 0 bridgehead atoms. The van der Waals surface area contributed by atoms with E-state index in [2.05, 4.69) is 5.32 Å². The van der Waals surface area contributed by atoms with Crippen molar-refractivity contribution in [3.63, 3.8) is 0 Å².